The lowest BCUT2D eigenvalue weighted by Gasteiger charge is -2.05. The molecule has 0 spiro atoms. The number of hydrogen-bond acceptors (Lipinski definition) is 3. The van der Waals surface area contributed by atoms with Crippen molar-refractivity contribution >= 4 is 43.8 Å². The van der Waals surface area contributed by atoms with Crippen LogP contribution in [0.2, 0.25) is 0 Å². The molecule has 1 aromatic heterocycles. The van der Waals surface area contributed by atoms with Gasteiger partial charge >= 0.3 is 0 Å². The topological polar surface area (TPSA) is 65.5 Å². The van der Waals surface area contributed by atoms with Crippen LogP contribution in [0.25, 0.3) is 17.4 Å². The van der Waals surface area contributed by atoms with Gasteiger partial charge in [0.05, 0.1) is 11.6 Å². The quantitative estimate of drug-likeness (QED) is 0.789. The molecule has 0 bridgehead atoms. The van der Waals surface area contributed by atoms with Crippen LogP contribution >= 0.6 is 31.9 Å². The zero-order chi connectivity index (χ0) is 14.7. The van der Waals surface area contributed by atoms with Gasteiger partial charge < -0.3 is 14.9 Å². The Bertz CT molecular complexity index is 677. The van der Waals surface area contributed by atoms with Crippen molar-refractivity contribution in [2.45, 2.75) is 0 Å². The number of amides is 1. The van der Waals surface area contributed by atoms with Gasteiger partial charge in [0.1, 0.15) is 17.3 Å². The Morgan fingerprint density at radius 3 is 2.65 bits per heavy atom. The molecule has 0 saturated heterocycles. The average Bonchev–Trinajstić information content (AvgIpc) is 2.77. The number of halogens is 2. The molecule has 1 heterocycles. The fraction of sp³-hybridized carbons (Fsp3) is 0.0714. The highest BCUT2D eigenvalue weighted by Crippen LogP contribution is 2.37. The number of primary amides is 1. The van der Waals surface area contributed by atoms with E-state index < -0.39 is 5.91 Å². The summed E-state index contributed by atoms with van der Waals surface area (Å²) in [7, 11) is 1.61. The first-order valence-electron chi connectivity index (χ1n) is 5.62. The van der Waals surface area contributed by atoms with Crippen LogP contribution in [0.3, 0.4) is 0 Å². The number of carbonyl (C=O) groups excluding carboxylic acids is 1. The maximum Gasteiger partial charge on any atom is 0.241 e. The Labute approximate surface area is 132 Å². The number of ether oxygens (including phenoxy) is 1. The second-order valence-corrected chi connectivity index (χ2v) is 5.62. The molecule has 4 nitrogen and oxygen atoms in total. The number of rotatable bonds is 4. The molecule has 6 heteroatoms. The molecule has 20 heavy (non-hydrogen) atoms. The molecule has 1 amide bonds. The van der Waals surface area contributed by atoms with Crippen LogP contribution < -0.4 is 10.5 Å². The minimum Gasteiger partial charge on any atom is -0.497 e. The summed E-state index contributed by atoms with van der Waals surface area (Å²) >= 11 is 6.91. The van der Waals surface area contributed by atoms with Gasteiger partial charge in [-0.25, -0.2) is 0 Å². The van der Waals surface area contributed by atoms with Crippen LogP contribution in [0.4, 0.5) is 0 Å². The Kier molecular flexibility index (Phi) is 4.67. The fourth-order valence-corrected chi connectivity index (χ4v) is 2.68. The van der Waals surface area contributed by atoms with Crippen molar-refractivity contribution in [3.63, 3.8) is 0 Å². The maximum absolute atomic E-state index is 10.7. The van der Waals surface area contributed by atoms with Gasteiger partial charge in [-0.1, -0.05) is 0 Å². The first-order valence-corrected chi connectivity index (χ1v) is 7.20. The first-order chi connectivity index (χ1) is 9.51. The first kappa shape index (κ1) is 14.9. The van der Waals surface area contributed by atoms with E-state index in [0.717, 1.165) is 20.3 Å². The molecule has 0 atom stereocenters. The summed E-state index contributed by atoms with van der Waals surface area (Å²) in [6, 6.07) is 7.34. The van der Waals surface area contributed by atoms with Gasteiger partial charge in [0.2, 0.25) is 5.91 Å². The lowest BCUT2D eigenvalue weighted by atomic mass is 10.2. The van der Waals surface area contributed by atoms with Gasteiger partial charge in [-0.2, -0.15) is 0 Å². The van der Waals surface area contributed by atoms with Crippen molar-refractivity contribution in [1.82, 2.24) is 0 Å². The van der Waals surface area contributed by atoms with E-state index in [1.165, 1.54) is 12.2 Å². The van der Waals surface area contributed by atoms with Crippen LogP contribution in [0.5, 0.6) is 5.75 Å². The number of benzene rings is 1. The molecular weight excluding hydrogens is 390 g/mol. The van der Waals surface area contributed by atoms with Gasteiger partial charge in [0, 0.05) is 16.1 Å². The second-order valence-electron chi connectivity index (χ2n) is 3.91. The molecule has 2 rings (SSSR count). The SMILES string of the molecule is COc1ccc(-c2oc(/C=C\C(N)=O)cc2Br)c(Br)c1. The van der Waals surface area contributed by atoms with Crippen LogP contribution in [0.1, 0.15) is 5.76 Å². The summed E-state index contributed by atoms with van der Waals surface area (Å²) in [6.07, 6.45) is 2.77. The summed E-state index contributed by atoms with van der Waals surface area (Å²) in [5.74, 6) is 1.42. The van der Waals surface area contributed by atoms with Crippen LogP contribution in [0, 0.1) is 0 Å². The molecule has 0 aliphatic carbocycles. The Balaban J connectivity index is 2.40. The molecule has 104 valence electrons. The third kappa shape index (κ3) is 3.32. The average molecular weight is 401 g/mol. The molecule has 0 aliphatic heterocycles. The van der Waals surface area contributed by atoms with E-state index in [1.807, 2.05) is 18.2 Å². The maximum atomic E-state index is 10.7. The standard InChI is InChI=1S/C14H11Br2NO3/c1-19-8-2-4-10(11(15)6-8)14-12(16)7-9(20-14)3-5-13(17)18/h2-7H,1H3,(H2,17,18)/b5-3-. The van der Waals surface area contributed by atoms with Gasteiger partial charge in [-0.15, -0.1) is 0 Å². The highest BCUT2D eigenvalue weighted by molar-refractivity contribution is 9.11. The third-order valence-corrected chi connectivity index (χ3v) is 3.78. The van der Waals surface area contributed by atoms with Crippen LogP contribution in [-0.2, 0) is 4.79 Å². The van der Waals surface area contributed by atoms with Gasteiger partial charge in [-0.05, 0) is 62.2 Å². The number of nitrogens with two attached hydrogens (primary N) is 1. The van der Waals surface area contributed by atoms with Crippen molar-refractivity contribution in [3.8, 4) is 17.1 Å². The van der Waals surface area contributed by atoms with E-state index in [-0.39, 0.29) is 0 Å². The van der Waals surface area contributed by atoms with Crippen molar-refractivity contribution in [3.05, 3.63) is 45.0 Å². The summed E-state index contributed by atoms with van der Waals surface area (Å²) in [5, 5.41) is 0. The zero-order valence-corrected chi connectivity index (χ0v) is 13.7. The molecular formula is C14H11Br2NO3. The van der Waals surface area contributed by atoms with Crippen LogP contribution in [-0.4, -0.2) is 13.0 Å². The molecule has 2 N–H and O–H groups in total. The van der Waals surface area contributed by atoms with Crippen molar-refractivity contribution < 1.29 is 13.9 Å². The molecule has 0 aliphatic rings. The van der Waals surface area contributed by atoms with E-state index in [0.29, 0.717) is 11.5 Å². The van der Waals surface area contributed by atoms with E-state index in [9.17, 15) is 4.79 Å². The Hall–Kier alpha value is -1.53. The predicted octanol–water partition coefficient (Wildman–Crippen LogP) is 3.98. The number of hydrogen-bond donors (Lipinski definition) is 1. The summed E-state index contributed by atoms with van der Waals surface area (Å²) in [6.45, 7) is 0. The highest BCUT2D eigenvalue weighted by atomic mass is 79.9. The molecule has 0 radical (unpaired) electrons. The molecule has 1 aromatic carbocycles. The summed E-state index contributed by atoms with van der Waals surface area (Å²) in [4.78, 5) is 10.7. The Morgan fingerprint density at radius 2 is 2.05 bits per heavy atom. The third-order valence-electron chi connectivity index (χ3n) is 2.54. The van der Waals surface area contributed by atoms with E-state index >= 15 is 0 Å². The fourth-order valence-electron chi connectivity index (χ4n) is 1.62. The van der Waals surface area contributed by atoms with Crippen molar-refractivity contribution in [2.24, 2.45) is 5.73 Å². The van der Waals surface area contributed by atoms with Crippen molar-refractivity contribution in [2.75, 3.05) is 7.11 Å². The zero-order valence-electron chi connectivity index (χ0n) is 10.5. The lowest BCUT2D eigenvalue weighted by Crippen LogP contribution is -2.04. The van der Waals surface area contributed by atoms with E-state index in [1.54, 1.807) is 13.2 Å². The second kappa shape index (κ2) is 6.28. The normalized spacial score (nSPS) is 10.9. The number of carbonyl (C=O) groups is 1. The summed E-state index contributed by atoms with van der Waals surface area (Å²) in [5.41, 5.74) is 5.92. The van der Waals surface area contributed by atoms with E-state index in [4.69, 9.17) is 14.9 Å². The van der Waals surface area contributed by atoms with Crippen LogP contribution in [0.15, 0.2) is 43.7 Å². The predicted molar refractivity (Wildman–Crippen MR) is 84.3 cm³/mol. The van der Waals surface area contributed by atoms with Gasteiger partial charge in [0.25, 0.3) is 0 Å². The number of methoxy groups -OCH3 is 1. The largest absolute Gasteiger partial charge is 0.497 e. The van der Waals surface area contributed by atoms with E-state index in [2.05, 4.69) is 31.9 Å². The molecule has 0 saturated carbocycles. The smallest absolute Gasteiger partial charge is 0.241 e. The molecule has 0 unspecified atom stereocenters. The molecule has 0 fully saturated rings. The molecule has 2 aromatic rings. The lowest BCUT2D eigenvalue weighted by molar-refractivity contribution is -0.113. The highest BCUT2D eigenvalue weighted by Gasteiger charge is 2.13. The number of furan rings is 1. The monoisotopic (exact) mass is 399 g/mol. The minimum atomic E-state index is -0.523. The van der Waals surface area contributed by atoms with Gasteiger partial charge in [0.15, 0.2) is 0 Å². The minimum absolute atomic E-state index is 0.523. The summed E-state index contributed by atoms with van der Waals surface area (Å²) < 4.78 is 12.5. The van der Waals surface area contributed by atoms with Crippen molar-refractivity contribution in [1.29, 1.82) is 0 Å². The van der Waals surface area contributed by atoms with Gasteiger partial charge in [-0.3, -0.25) is 4.79 Å². The Morgan fingerprint density at radius 1 is 1.30 bits per heavy atom.